The summed E-state index contributed by atoms with van der Waals surface area (Å²) in [5.41, 5.74) is 1.88. The van der Waals surface area contributed by atoms with E-state index in [-0.39, 0.29) is 5.78 Å². The average molecular weight is 377 g/mol. The third-order valence-electron chi connectivity index (χ3n) is 3.86. The maximum absolute atomic E-state index is 12.4. The molecule has 0 aliphatic carbocycles. The fraction of sp³-hybridized carbons (Fsp3) is 0.278. The zero-order valence-corrected chi connectivity index (χ0v) is 16.1. The molecule has 0 amide bonds. The number of carbonyl (C=O) groups is 1. The number of aromatic nitrogens is 2. The molecule has 0 saturated heterocycles. The highest BCUT2D eigenvalue weighted by atomic mass is 35.5. The van der Waals surface area contributed by atoms with Gasteiger partial charge in [0.1, 0.15) is 15.7 Å². The number of thiophene rings is 1. The van der Waals surface area contributed by atoms with Crippen molar-refractivity contribution in [1.29, 1.82) is 0 Å². The van der Waals surface area contributed by atoms with Crippen LogP contribution in [0.25, 0.3) is 10.2 Å². The standard InChI is InChI=1S/C18H17ClN2OS2/c1-4-15-20-17(16-10(2)11(3)24-18(16)21-15)23-9-14(22)12-5-7-13(19)8-6-12/h5-8H,4,9H2,1-3H3. The quantitative estimate of drug-likeness (QED) is 0.335. The van der Waals surface area contributed by atoms with E-state index in [0.29, 0.717) is 16.3 Å². The number of carbonyl (C=O) groups excluding carboxylic acids is 1. The average Bonchev–Trinajstić information content (AvgIpc) is 2.87. The summed E-state index contributed by atoms with van der Waals surface area (Å²) >= 11 is 9.05. The van der Waals surface area contributed by atoms with Crippen molar-refractivity contribution in [2.45, 2.75) is 32.2 Å². The molecule has 0 aliphatic heterocycles. The highest BCUT2D eigenvalue weighted by molar-refractivity contribution is 8.00. The number of halogens is 1. The number of fused-ring (bicyclic) bond motifs is 1. The van der Waals surface area contributed by atoms with Gasteiger partial charge in [-0.25, -0.2) is 9.97 Å². The van der Waals surface area contributed by atoms with E-state index < -0.39 is 0 Å². The number of ketones is 1. The smallest absolute Gasteiger partial charge is 0.173 e. The topological polar surface area (TPSA) is 42.9 Å². The van der Waals surface area contributed by atoms with Crippen molar-refractivity contribution in [3.8, 4) is 0 Å². The lowest BCUT2D eigenvalue weighted by Crippen LogP contribution is -2.03. The van der Waals surface area contributed by atoms with E-state index in [0.717, 1.165) is 27.5 Å². The van der Waals surface area contributed by atoms with Crippen LogP contribution in [0.5, 0.6) is 0 Å². The van der Waals surface area contributed by atoms with Gasteiger partial charge in [0.05, 0.1) is 5.75 Å². The number of nitrogens with zero attached hydrogens (tertiary/aromatic N) is 2. The van der Waals surface area contributed by atoms with Crippen LogP contribution in [0.2, 0.25) is 5.02 Å². The Morgan fingerprint density at radius 2 is 1.92 bits per heavy atom. The number of benzene rings is 1. The molecule has 3 aromatic rings. The van der Waals surface area contributed by atoms with E-state index in [4.69, 9.17) is 11.6 Å². The molecule has 3 nitrogen and oxygen atoms in total. The minimum atomic E-state index is 0.0751. The Labute approximate surface area is 154 Å². The fourth-order valence-electron chi connectivity index (χ4n) is 2.37. The minimum Gasteiger partial charge on any atom is -0.293 e. The summed E-state index contributed by atoms with van der Waals surface area (Å²) in [6.45, 7) is 6.23. The first-order valence-corrected chi connectivity index (χ1v) is 9.85. The molecule has 6 heteroatoms. The van der Waals surface area contributed by atoms with Crippen molar-refractivity contribution in [2.75, 3.05) is 5.75 Å². The molecule has 0 aliphatic rings. The molecule has 2 aromatic heterocycles. The van der Waals surface area contributed by atoms with Crippen molar-refractivity contribution in [2.24, 2.45) is 0 Å². The highest BCUT2D eigenvalue weighted by Crippen LogP contribution is 2.35. The van der Waals surface area contributed by atoms with Gasteiger partial charge in [0.2, 0.25) is 0 Å². The van der Waals surface area contributed by atoms with Crippen LogP contribution < -0.4 is 0 Å². The Balaban J connectivity index is 1.89. The van der Waals surface area contributed by atoms with Gasteiger partial charge in [-0.2, -0.15) is 0 Å². The number of thioether (sulfide) groups is 1. The minimum absolute atomic E-state index is 0.0751. The van der Waals surface area contributed by atoms with Crippen LogP contribution >= 0.6 is 34.7 Å². The third kappa shape index (κ3) is 3.48. The number of aryl methyl sites for hydroxylation is 3. The summed E-state index contributed by atoms with van der Waals surface area (Å²) in [6, 6.07) is 7.00. The molecule has 0 saturated carbocycles. The second-order valence-corrected chi connectivity index (χ2v) is 8.08. The summed E-state index contributed by atoms with van der Waals surface area (Å²) in [4.78, 5) is 24.0. The molecular formula is C18H17ClN2OS2. The Hall–Kier alpha value is -1.43. The molecule has 0 radical (unpaired) electrons. The van der Waals surface area contributed by atoms with E-state index in [1.165, 1.54) is 22.2 Å². The summed E-state index contributed by atoms with van der Waals surface area (Å²) in [5.74, 6) is 1.25. The molecule has 3 rings (SSSR count). The van der Waals surface area contributed by atoms with Crippen LogP contribution in [0.3, 0.4) is 0 Å². The van der Waals surface area contributed by atoms with E-state index in [9.17, 15) is 4.79 Å². The summed E-state index contributed by atoms with van der Waals surface area (Å²) in [7, 11) is 0. The van der Waals surface area contributed by atoms with Gasteiger partial charge in [0, 0.05) is 27.3 Å². The number of rotatable bonds is 5. The van der Waals surface area contributed by atoms with Crippen molar-refractivity contribution < 1.29 is 4.79 Å². The second-order valence-electron chi connectivity index (χ2n) is 5.48. The lowest BCUT2D eigenvalue weighted by Gasteiger charge is -2.06. The van der Waals surface area contributed by atoms with E-state index in [1.807, 2.05) is 6.92 Å². The largest absolute Gasteiger partial charge is 0.293 e. The second kappa shape index (κ2) is 7.21. The third-order valence-corrected chi connectivity index (χ3v) is 6.19. The van der Waals surface area contributed by atoms with Gasteiger partial charge < -0.3 is 0 Å². The predicted molar refractivity (Wildman–Crippen MR) is 103 cm³/mol. The molecule has 0 spiro atoms. The molecule has 0 unspecified atom stereocenters. The lowest BCUT2D eigenvalue weighted by molar-refractivity contribution is 0.102. The van der Waals surface area contributed by atoms with Crippen LogP contribution in [0, 0.1) is 13.8 Å². The van der Waals surface area contributed by atoms with Gasteiger partial charge in [0.15, 0.2) is 5.78 Å². The molecule has 24 heavy (non-hydrogen) atoms. The van der Waals surface area contributed by atoms with Gasteiger partial charge in [-0.05, 0) is 43.7 Å². The van der Waals surface area contributed by atoms with E-state index in [2.05, 4.69) is 23.8 Å². The fourth-order valence-corrected chi connectivity index (χ4v) is 4.61. The molecule has 0 fully saturated rings. The van der Waals surface area contributed by atoms with E-state index >= 15 is 0 Å². The Morgan fingerprint density at radius 3 is 2.58 bits per heavy atom. The maximum atomic E-state index is 12.4. The lowest BCUT2D eigenvalue weighted by atomic mass is 10.1. The van der Waals surface area contributed by atoms with Gasteiger partial charge in [0.25, 0.3) is 0 Å². The Morgan fingerprint density at radius 1 is 1.21 bits per heavy atom. The van der Waals surface area contributed by atoms with Crippen molar-refractivity contribution >= 4 is 50.7 Å². The number of Topliss-reactive ketones (excluding diaryl/α,β-unsaturated/α-hetero) is 1. The summed E-state index contributed by atoms with van der Waals surface area (Å²) in [6.07, 6.45) is 0.782. The summed E-state index contributed by atoms with van der Waals surface area (Å²) in [5, 5.41) is 2.62. The summed E-state index contributed by atoms with van der Waals surface area (Å²) < 4.78 is 0. The zero-order valence-electron chi connectivity index (χ0n) is 13.7. The van der Waals surface area contributed by atoms with Crippen LogP contribution in [-0.2, 0) is 6.42 Å². The molecule has 0 N–H and O–H groups in total. The molecule has 1 aromatic carbocycles. The first-order chi connectivity index (χ1) is 11.5. The van der Waals surface area contributed by atoms with E-state index in [1.54, 1.807) is 35.6 Å². The van der Waals surface area contributed by atoms with Crippen molar-refractivity contribution in [3.63, 3.8) is 0 Å². The van der Waals surface area contributed by atoms with Gasteiger partial charge in [-0.3, -0.25) is 4.79 Å². The molecule has 0 bridgehead atoms. The molecule has 124 valence electrons. The molecular weight excluding hydrogens is 360 g/mol. The normalized spacial score (nSPS) is 11.2. The number of hydrogen-bond acceptors (Lipinski definition) is 5. The zero-order chi connectivity index (χ0) is 17.3. The Kier molecular flexibility index (Phi) is 5.23. The molecule has 0 atom stereocenters. The van der Waals surface area contributed by atoms with Crippen LogP contribution in [0.1, 0.15) is 33.5 Å². The number of hydrogen-bond donors (Lipinski definition) is 0. The van der Waals surface area contributed by atoms with Gasteiger partial charge in [-0.15, -0.1) is 11.3 Å². The maximum Gasteiger partial charge on any atom is 0.173 e. The highest BCUT2D eigenvalue weighted by Gasteiger charge is 2.16. The molecule has 2 heterocycles. The first-order valence-electron chi connectivity index (χ1n) is 7.67. The van der Waals surface area contributed by atoms with Crippen LogP contribution in [0.4, 0.5) is 0 Å². The van der Waals surface area contributed by atoms with Crippen molar-refractivity contribution in [3.05, 3.63) is 51.1 Å². The monoisotopic (exact) mass is 376 g/mol. The first kappa shape index (κ1) is 17.4. The van der Waals surface area contributed by atoms with Crippen LogP contribution in [0.15, 0.2) is 29.3 Å². The van der Waals surface area contributed by atoms with Crippen molar-refractivity contribution in [1.82, 2.24) is 9.97 Å². The Bertz CT molecular complexity index is 904. The predicted octanol–water partition coefficient (Wildman–Crippen LogP) is 5.50. The SMILES string of the molecule is CCc1nc(SCC(=O)c2ccc(Cl)cc2)c2c(C)c(C)sc2n1. The van der Waals surface area contributed by atoms with Gasteiger partial charge in [-0.1, -0.05) is 30.3 Å². The van der Waals surface area contributed by atoms with Gasteiger partial charge >= 0.3 is 0 Å². The van der Waals surface area contributed by atoms with Crippen LogP contribution in [-0.4, -0.2) is 21.5 Å².